The van der Waals surface area contributed by atoms with Gasteiger partial charge in [0.2, 0.25) is 0 Å². The van der Waals surface area contributed by atoms with E-state index in [4.69, 9.17) is 16.7 Å². The number of rotatable bonds is 3. The van der Waals surface area contributed by atoms with Gasteiger partial charge >= 0.3 is 12.0 Å². The maximum atomic E-state index is 12.2. The van der Waals surface area contributed by atoms with Crippen LogP contribution in [0.5, 0.6) is 0 Å². The van der Waals surface area contributed by atoms with Gasteiger partial charge in [-0.1, -0.05) is 17.7 Å². The van der Waals surface area contributed by atoms with Crippen LogP contribution < -0.4 is 5.32 Å². The van der Waals surface area contributed by atoms with Crippen LogP contribution in [0.4, 0.5) is 10.5 Å². The molecule has 0 aromatic heterocycles. The van der Waals surface area contributed by atoms with Crippen molar-refractivity contribution in [3.8, 4) is 0 Å². The largest absolute Gasteiger partial charge is 0.480 e. The van der Waals surface area contributed by atoms with Crippen LogP contribution in [0.3, 0.4) is 0 Å². The molecular weight excluding hydrogens is 294 g/mol. The quantitative estimate of drug-likeness (QED) is 0.894. The molecule has 2 amide bonds. The molecule has 0 bridgehead atoms. The molecule has 1 aliphatic heterocycles. The topological polar surface area (TPSA) is 72.9 Å². The van der Waals surface area contributed by atoms with Gasteiger partial charge in [0.15, 0.2) is 0 Å². The molecule has 114 valence electrons. The van der Waals surface area contributed by atoms with E-state index in [9.17, 15) is 9.59 Å². The fourth-order valence-electron chi connectivity index (χ4n) is 2.22. The van der Waals surface area contributed by atoms with Gasteiger partial charge in [-0.15, -0.1) is 0 Å². The molecule has 0 spiro atoms. The Hall–Kier alpha value is -1.79. The summed E-state index contributed by atoms with van der Waals surface area (Å²) in [6.45, 7) is 4.06. The minimum atomic E-state index is -0.848. The highest BCUT2D eigenvalue weighted by Crippen LogP contribution is 2.23. The lowest BCUT2D eigenvalue weighted by Crippen LogP contribution is -2.51. The summed E-state index contributed by atoms with van der Waals surface area (Å²) in [5, 5.41) is 12.0. The highest BCUT2D eigenvalue weighted by atomic mass is 35.5. The van der Waals surface area contributed by atoms with E-state index in [1.165, 1.54) is 0 Å². The number of carboxylic acids is 1. The number of hydrogen-bond donors (Lipinski definition) is 2. The number of hydrogen-bond acceptors (Lipinski definition) is 3. The molecule has 1 aromatic carbocycles. The number of carboxylic acid groups (broad SMARTS) is 1. The summed E-state index contributed by atoms with van der Waals surface area (Å²) in [6, 6.07) is 5.24. The average molecular weight is 312 g/mol. The lowest BCUT2D eigenvalue weighted by atomic mass is 10.2. The fourth-order valence-corrected chi connectivity index (χ4v) is 2.50. The Balaban J connectivity index is 1.89. The summed E-state index contributed by atoms with van der Waals surface area (Å²) in [4.78, 5) is 26.3. The monoisotopic (exact) mass is 311 g/mol. The van der Waals surface area contributed by atoms with Gasteiger partial charge in [-0.2, -0.15) is 0 Å². The number of carbonyl (C=O) groups excluding carboxylic acids is 1. The van der Waals surface area contributed by atoms with Gasteiger partial charge in [0.1, 0.15) is 0 Å². The number of amides is 2. The Morgan fingerprint density at radius 2 is 1.95 bits per heavy atom. The number of anilines is 1. The van der Waals surface area contributed by atoms with E-state index in [0.717, 1.165) is 5.56 Å². The number of urea groups is 1. The van der Waals surface area contributed by atoms with Crippen molar-refractivity contribution in [3.63, 3.8) is 0 Å². The van der Waals surface area contributed by atoms with Crippen molar-refractivity contribution in [1.29, 1.82) is 0 Å². The van der Waals surface area contributed by atoms with E-state index in [2.05, 4.69) is 5.32 Å². The van der Waals surface area contributed by atoms with Gasteiger partial charge in [-0.3, -0.25) is 9.69 Å². The molecule has 1 saturated heterocycles. The molecule has 0 unspecified atom stereocenters. The van der Waals surface area contributed by atoms with Crippen molar-refractivity contribution in [2.24, 2.45) is 0 Å². The first-order valence-corrected chi connectivity index (χ1v) is 7.10. The molecule has 2 rings (SSSR count). The number of halogens is 1. The maximum Gasteiger partial charge on any atom is 0.321 e. The Bertz CT molecular complexity index is 542. The summed E-state index contributed by atoms with van der Waals surface area (Å²) in [5.74, 6) is -0.848. The maximum absolute atomic E-state index is 12.2. The van der Waals surface area contributed by atoms with E-state index in [1.54, 1.807) is 17.0 Å². The van der Waals surface area contributed by atoms with E-state index < -0.39 is 5.97 Å². The lowest BCUT2D eigenvalue weighted by molar-refractivity contribution is -0.138. The SMILES string of the molecule is Cc1ccc(NC(=O)N2CCN(CC(=O)O)CC2)c(Cl)c1. The summed E-state index contributed by atoms with van der Waals surface area (Å²) in [6.07, 6.45) is 0. The molecule has 0 atom stereocenters. The number of nitrogens with one attached hydrogen (secondary N) is 1. The van der Waals surface area contributed by atoms with Crippen molar-refractivity contribution < 1.29 is 14.7 Å². The first-order valence-electron chi connectivity index (χ1n) is 6.72. The molecule has 2 N–H and O–H groups in total. The van der Waals surface area contributed by atoms with Crippen molar-refractivity contribution >= 4 is 29.3 Å². The number of carbonyl (C=O) groups is 2. The van der Waals surface area contributed by atoms with Gasteiger partial charge in [-0.05, 0) is 24.6 Å². The van der Waals surface area contributed by atoms with Gasteiger partial charge in [-0.25, -0.2) is 4.79 Å². The molecule has 7 heteroatoms. The molecular formula is C14H18ClN3O3. The summed E-state index contributed by atoms with van der Waals surface area (Å²) >= 11 is 6.09. The third-order valence-corrected chi connectivity index (χ3v) is 3.70. The van der Waals surface area contributed by atoms with Crippen molar-refractivity contribution in [2.75, 3.05) is 38.0 Å². The lowest BCUT2D eigenvalue weighted by Gasteiger charge is -2.33. The van der Waals surface area contributed by atoms with Crippen LogP contribution in [0.1, 0.15) is 5.56 Å². The Labute approximate surface area is 128 Å². The molecule has 6 nitrogen and oxygen atoms in total. The van der Waals surface area contributed by atoms with Crippen LogP contribution in [-0.4, -0.2) is 59.6 Å². The average Bonchev–Trinajstić information content (AvgIpc) is 2.42. The third kappa shape index (κ3) is 4.34. The number of aryl methyl sites for hydroxylation is 1. The third-order valence-electron chi connectivity index (χ3n) is 3.38. The molecule has 1 aliphatic rings. The van der Waals surface area contributed by atoms with E-state index in [0.29, 0.717) is 36.9 Å². The van der Waals surface area contributed by atoms with Gasteiger partial charge in [0, 0.05) is 26.2 Å². The first kappa shape index (κ1) is 15.6. The first-order chi connectivity index (χ1) is 9.95. The van der Waals surface area contributed by atoms with Gasteiger partial charge < -0.3 is 15.3 Å². The summed E-state index contributed by atoms with van der Waals surface area (Å²) in [7, 11) is 0. The van der Waals surface area contributed by atoms with Crippen LogP contribution in [0.15, 0.2) is 18.2 Å². The van der Waals surface area contributed by atoms with E-state index >= 15 is 0 Å². The number of nitrogens with zero attached hydrogens (tertiary/aromatic N) is 2. The van der Waals surface area contributed by atoms with E-state index in [1.807, 2.05) is 17.9 Å². The van der Waals surface area contributed by atoms with E-state index in [-0.39, 0.29) is 12.6 Å². The normalized spacial score (nSPS) is 15.8. The number of benzene rings is 1. The summed E-state index contributed by atoms with van der Waals surface area (Å²) in [5.41, 5.74) is 1.61. The van der Waals surface area contributed by atoms with Gasteiger partial charge in [0.25, 0.3) is 0 Å². The molecule has 0 radical (unpaired) electrons. The number of piperazine rings is 1. The minimum absolute atomic E-state index is 0.0131. The zero-order valence-corrected chi connectivity index (χ0v) is 12.6. The minimum Gasteiger partial charge on any atom is -0.480 e. The zero-order chi connectivity index (χ0) is 15.4. The fraction of sp³-hybridized carbons (Fsp3) is 0.429. The Morgan fingerprint density at radius 3 is 2.52 bits per heavy atom. The molecule has 0 saturated carbocycles. The van der Waals surface area contributed by atoms with Crippen molar-refractivity contribution in [2.45, 2.75) is 6.92 Å². The number of aliphatic carboxylic acids is 1. The summed E-state index contributed by atoms with van der Waals surface area (Å²) < 4.78 is 0. The molecule has 1 aromatic rings. The second-order valence-corrected chi connectivity index (χ2v) is 5.48. The molecule has 0 aliphatic carbocycles. The highest BCUT2D eigenvalue weighted by molar-refractivity contribution is 6.33. The van der Waals surface area contributed by atoms with Crippen molar-refractivity contribution in [3.05, 3.63) is 28.8 Å². The molecule has 21 heavy (non-hydrogen) atoms. The zero-order valence-electron chi connectivity index (χ0n) is 11.8. The van der Waals surface area contributed by atoms with Crippen LogP contribution >= 0.6 is 11.6 Å². The Morgan fingerprint density at radius 1 is 1.29 bits per heavy atom. The van der Waals surface area contributed by atoms with Gasteiger partial charge in [0.05, 0.1) is 17.3 Å². The van der Waals surface area contributed by atoms with Crippen LogP contribution in [0.25, 0.3) is 0 Å². The second kappa shape index (κ2) is 6.78. The molecule has 1 heterocycles. The van der Waals surface area contributed by atoms with Crippen LogP contribution in [0, 0.1) is 6.92 Å². The van der Waals surface area contributed by atoms with Crippen LogP contribution in [-0.2, 0) is 4.79 Å². The van der Waals surface area contributed by atoms with Crippen LogP contribution in [0.2, 0.25) is 5.02 Å². The highest BCUT2D eigenvalue weighted by Gasteiger charge is 2.22. The standard InChI is InChI=1S/C14H18ClN3O3/c1-10-2-3-12(11(15)8-10)16-14(21)18-6-4-17(5-7-18)9-13(19)20/h2-3,8H,4-7,9H2,1H3,(H,16,21)(H,19,20). The smallest absolute Gasteiger partial charge is 0.321 e. The predicted molar refractivity (Wildman–Crippen MR) is 80.9 cm³/mol. The second-order valence-electron chi connectivity index (χ2n) is 5.07. The molecule has 1 fully saturated rings. The predicted octanol–water partition coefficient (Wildman–Crippen LogP) is 1.88. The Kier molecular flexibility index (Phi) is 5.03. The van der Waals surface area contributed by atoms with Crippen molar-refractivity contribution in [1.82, 2.24) is 9.80 Å².